The van der Waals surface area contributed by atoms with E-state index in [1.165, 1.54) is 0 Å². The normalized spacial score (nSPS) is 28.8. The molecule has 2 atom stereocenters. The fourth-order valence-electron chi connectivity index (χ4n) is 3.43. The Morgan fingerprint density at radius 2 is 2.05 bits per heavy atom. The zero-order valence-electron chi connectivity index (χ0n) is 12.0. The highest BCUT2D eigenvalue weighted by Crippen LogP contribution is 2.39. The Labute approximate surface area is 124 Å². The highest BCUT2D eigenvalue weighted by atomic mass is 32.2. The second kappa shape index (κ2) is 5.77. The van der Waals surface area contributed by atoms with Crippen LogP contribution in [0.4, 0.5) is 11.6 Å². The fraction of sp³-hybridized carbons (Fsp3) is 0.714. The first-order valence-corrected chi connectivity index (χ1v) is 8.57. The molecule has 1 aromatic heterocycles. The number of fused-ring (bicyclic) bond motifs is 2. The zero-order valence-corrected chi connectivity index (χ0v) is 12.9. The number of thioether (sulfide) groups is 1. The Kier molecular flexibility index (Phi) is 4.03. The fourth-order valence-corrected chi connectivity index (χ4v) is 3.80. The molecular formula is C14H22N4OS. The molecule has 2 bridgehead atoms. The molecule has 2 saturated heterocycles. The van der Waals surface area contributed by atoms with E-state index in [1.54, 1.807) is 11.8 Å². The van der Waals surface area contributed by atoms with Gasteiger partial charge >= 0.3 is 0 Å². The molecule has 0 saturated carbocycles. The van der Waals surface area contributed by atoms with Crippen molar-refractivity contribution < 1.29 is 5.11 Å². The summed E-state index contributed by atoms with van der Waals surface area (Å²) in [4.78, 5) is 11.6. The van der Waals surface area contributed by atoms with Crippen molar-refractivity contribution in [2.24, 2.45) is 0 Å². The van der Waals surface area contributed by atoms with Crippen LogP contribution in [-0.2, 0) is 0 Å². The SMILES string of the molecule is CCNc1cc(N2C3CCC2CC(O)C3)nc(SC)n1. The number of nitrogens with one attached hydrogen (secondary N) is 1. The molecule has 6 heteroatoms. The molecule has 1 aromatic rings. The predicted octanol–water partition coefficient (Wildman–Crippen LogP) is 2.12. The molecule has 0 aromatic carbocycles. The molecule has 0 aliphatic carbocycles. The number of hydrogen-bond acceptors (Lipinski definition) is 6. The van der Waals surface area contributed by atoms with Gasteiger partial charge in [0, 0.05) is 24.7 Å². The van der Waals surface area contributed by atoms with Crippen LogP contribution in [-0.4, -0.2) is 46.1 Å². The van der Waals surface area contributed by atoms with Gasteiger partial charge in [0.05, 0.1) is 6.10 Å². The lowest BCUT2D eigenvalue weighted by atomic mass is 10.00. The molecule has 3 heterocycles. The molecule has 0 amide bonds. The van der Waals surface area contributed by atoms with Crippen molar-refractivity contribution in [1.29, 1.82) is 0 Å². The predicted molar refractivity (Wildman–Crippen MR) is 82.5 cm³/mol. The van der Waals surface area contributed by atoms with E-state index in [-0.39, 0.29) is 6.10 Å². The Bertz CT molecular complexity index is 470. The minimum Gasteiger partial charge on any atom is -0.393 e. The van der Waals surface area contributed by atoms with Crippen LogP contribution < -0.4 is 10.2 Å². The molecule has 0 spiro atoms. The second-order valence-corrected chi connectivity index (χ2v) is 6.32. The molecule has 5 nitrogen and oxygen atoms in total. The van der Waals surface area contributed by atoms with E-state index in [0.717, 1.165) is 49.0 Å². The first-order valence-electron chi connectivity index (χ1n) is 7.34. The van der Waals surface area contributed by atoms with Gasteiger partial charge in [-0.3, -0.25) is 0 Å². The number of piperidine rings is 1. The van der Waals surface area contributed by atoms with Crippen molar-refractivity contribution in [3.8, 4) is 0 Å². The van der Waals surface area contributed by atoms with Crippen LogP contribution in [0.25, 0.3) is 0 Å². The van der Waals surface area contributed by atoms with Gasteiger partial charge in [-0.25, -0.2) is 9.97 Å². The standard InChI is InChI=1S/C14H22N4OS/c1-3-15-12-8-13(17-14(16-12)20-2)18-9-4-5-10(18)7-11(19)6-9/h8-11,19H,3-7H2,1-2H3,(H,15,16,17). The Morgan fingerprint density at radius 1 is 1.35 bits per heavy atom. The summed E-state index contributed by atoms with van der Waals surface area (Å²) in [7, 11) is 0. The monoisotopic (exact) mass is 294 g/mol. The van der Waals surface area contributed by atoms with Crippen LogP contribution in [0.2, 0.25) is 0 Å². The van der Waals surface area contributed by atoms with Crippen molar-refractivity contribution in [1.82, 2.24) is 9.97 Å². The maximum atomic E-state index is 9.92. The van der Waals surface area contributed by atoms with Crippen molar-refractivity contribution in [2.75, 3.05) is 23.0 Å². The van der Waals surface area contributed by atoms with E-state index in [1.807, 2.05) is 12.3 Å². The smallest absolute Gasteiger partial charge is 0.191 e. The Hall–Kier alpha value is -1.01. The van der Waals surface area contributed by atoms with Gasteiger partial charge < -0.3 is 15.3 Å². The van der Waals surface area contributed by atoms with E-state index in [2.05, 4.69) is 27.1 Å². The third-order valence-corrected chi connectivity index (χ3v) is 4.75. The van der Waals surface area contributed by atoms with Crippen LogP contribution in [0, 0.1) is 0 Å². The minimum absolute atomic E-state index is 0.140. The second-order valence-electron chi connectivity index (χ2n) is 5.55. The summed E-state index contributed by atoms with van der Waals surface area (Å²) >= 11 is 1.57. The van der Waals surface area contributed by atoms with Crippen LogP contribution in [0.1, 0.15) is 32.6 Å². The molecule has 20 heavy (non-hydrogen) atoms. The number of aliphatic hydroxyl groups is 1. The number of hydrogen-bond donors (Lipinski definition) is 2. The molecule has 2 fully saturated rings. The molecular weight excluding hydrogens is 272 g/mol. The van der Waals surface area contributed by atoms with Crippen molar-refractivity contribution >= 4 is 23.4 Å². The topological polar surface area (TPSA) is 61.3 Å². The first kappa shape index (κ1) is 13.9. The highest BCUT2D eigenvalue weighted by molar-refractivity contribution is 7.98. The van der Waals surface area contributed by atoms with Gasteiger partial charge in [-0.05, 0) is 38.9 Å². The molecule has 2 unspecified atom stereocenters. The third kappa shape index (κ3) is 2.59. The number of aromatic nitrogens is 2. The maximum Gasteiger partial charge on any atom is 0.191 e. The quantitative estimate of drug-likeness (QED) is 0.655. The Morgan fingerprint density at radius 3 is 2.65 bits per heavy atom. The van der Waals surface area contributed by atoms with E-state index in [9.17, 15) is 5.11 Å². The lowest BCUT2D eigenvalue weighted by Crippen LogP contribution is -2.45. The van der Waals surface area contributed by atoms with Gasteiger partial charge in [-0.1, -0.05) is 11.8 Å². The van der Waals surface area contributed by atoms with Crippen LogP contribution in [0.3, 0.4) is 0 Å². The molecule has 2 N–H and O–H groups in total. The molecule has 2 aliphatic rings. The van der Waals surface area contributed by atoms with E-state index in [4.69, 9.17) is 0 Å². The average molecular weight is 294 g/mol. The summed E-state index contributed by atoms with van der Waals surface area (Å²) in [6, 6.07) is 2.91. The highest BCUT2D eigenvalue weighted by Gasteiger charge is 2.41. The number of rotatable bonds is 4. The van der Waals surface area contributed by atoms with E-state index >= 15 is 0 Å². The van der Waals surface area contributed by atoms with Crippen LogP contribution in [0.5, 0.6) is 0 Å². The summed E-state index contributed by atoms with van der Waals surface area (Å²) < 4.78 is 0. The van der Waals surface area contributed by atoms with Gasteiger partial charge in [0.2, 0.25) is 0 Å². The largest absolute Gasteiger partial charge is 0.393 e. The number of nitrogens with zero attached hydrogens (tertiary/aromatic N) is 3. The minimum atomic E-state index is -0.140. The van der Waals surface area contributed by atoms with E-state index in [0.29, 0.717) is 12.1 Å². The number of aliphatic hydroxyl groups excluding tert-OH is 1. The maximum absolute atomic E-state index is 9.92. The van der Waals surface area contributed by atoms with Crippen molar-refractivity contribution in [3.63, 3.8) is 0 Å². The van der Waals surface area contributed by atoms with E-state index < -0.39 is 0 Å². The molecule has 2 aliphatic heterocycles. The van der Waals surface area contributed by atoms with Crippen molar-refractivity contribution in [2.45, 2.75) is 56.0 Å². The first-order chi connectivity index (χ1) is 9.71. The summed E-state index contributed by atoms with van der Waals surface area (Å²) in [5, 5.41) is 14.0. The van der Waals surface area contributed by atoms with Gasteiger partial charge in [-0.15, -0.1) is 0 Å². The van der Waals surface area contributed by atoms with Crippen molar-refractivity contribution in [3.05, 3.63) is 6.07 Å². The lowest BCUT2D eigenvalue weighted by molar-refractivity contribution is 0.126. The lowest BCUT2D eigenvalue weighted by Gasteiger charge is -2.38. The van der Waals surface area contributed by atoms with Crippen LogP contribution >= 0.6 is 11.8 Å². The summed E-state index contributed by atoms with van der Waals surface area (Å²) in [5.41, 5.74) is 0. The van der Waals surface area contributed by atoms with Crippen LogP contribution in [0.15, 0.2) is 11.2 Å². The molecule has 0 radical (unpaired) electrons. The average Bonchev–Trinajstić information content (AvgIpc) is 2.71. The van der Waals surface area contributed by atoms with Gasteiger partial charge in [0.15, 0.2) is 5.16 Å². The van der Waals surface area contributed by atoms with Gasteiger partial charge in [0.1, 0.15) is 11.6 Å². The Balaban J connectivity index is 1.91. The summed E-state index contributed by atoms with van der Waals surface area (Å²) in [6.07, 6.45) is 5.92. The summed E-state index contributed by atoms with van der Waals surface area (Å²) in [5.74, 6) is 1.91. The molecule has 3 rings (SSSR count). The summed E-state index contributed by atoms with van der Waals surface area (Å²) in [6.45, 7) is 2.93. The third-order valence-electron chi connectivity index (χ3n) is 4.21. The number of anilines is 2. The zero-order chi connectivity index (χ0) is 14.1. The van der Waals surface area contributed by atoms with Gasteiger partial charge in [0.25, 0.3) is 0 Å². The van der Waals surface area contributed by atoms with Gasteiger partial charge in [-0.2, -0.15) is 0 Å². The molecule has 110 valence electrons.